The Morgan fingerprint density at radius 2 is 1.79 bits per heavy atom. The molecule has 2 aromatic carbocycles. The van der Waals surface area contributed by atoms with Crippen molar-refractivity contribution < 1.29 is 14.3 Å². The van der Waals surface area contributed by atoms with Crippen LogP contribution in [0.5, 0.6) is 5.75 Å². The number of hydrogen-bond acceptors (Lipinski definition) is 3. The third-order valence-electron chi connectivity index (χ3n) is 4.20. The van der Waals surface area contributed by atoms with Crippen LogP contribution in [-0.4, -0.2) is 37.4 Å². The number of carbonyl (C=O) groups excluding carboxylic acids is 2. The first-order chi connectivity index (χ1) is 13.3. The second kappa shape index (κ2) is 10.3. The van der Waals surface area contributed by atoms with Gasteiger partial charge in [0, 0.05) is 24.3 Å². The average Bonchev–Trinajstić information content (AvgIpc) is 2.64. The number of nitrogens with zero attached hydrogens (tertiary/aromatic N) is 1. The van der Waals surface area contributed by atoms with Crippen molar-refractivity contribution in [2.75, 3.05) is 26.0 Å². The summed E-state index contributed by atoms with van der Waals surface area (Å²) < 4.78 is 6.63. The molecule has 0 spiro atoms. The monoisotopic (exact) mass is 446 g/mol. The highest BCUT2D eigenvalue weighted by Crippen LogP contribution is 2.25. The zero-order chi connectivity index (χ0) is 20.7. The van der Waals surface area contributed by atoms with E-state index in [9.17, 15) is 9.59 Å². The van der Waals surface area contributed by atoms with Gasteiger partial charge in [-0.3, -0.25) is 9.59 Å². The minimum absolute atomic E-state index is 0.0362. The average molecular weight is 447 g/mol. The molecule has 0 bridgehead atoms. The number of nitrogens with one attached hydrogen (secondary N) is 1. The van der Waals surface area contributed by atoms with E-state index in [1.165, 1.54) is 0 Å². The molecule has 0 unspecified atom stereocenters. The first kappa shape index (κ1) is 22.0. The van der Waals surface area contributed by atoms with Crippen LogP contribution in [0.3, 0.4) is 0 Å². The number of halogens is 1. The molecule has 0 saturated carbocycles. The van der Waals surface area contributed by atoms with E-state index in [1.54, 1.807) is 43.3 Å². The first-order valence-corrected chi connectivity index (χ1v) is 10.1. The Balaban J connectivity index is 2.07. The Hall–Kier alpha value is -2.34. The van der Waals surface area contributed by atoms with E-state index < -0.39 is 0 Å². The quantitative estimate of drug-likeness (QED) is 0.635. The van der Waals surface area contributed by atoms with Gasteiger partial charge in [-0.25, -0.2) is 0 Å². The van der Waals surface area contributed by atoms with Crippen molar-refractivity contribution in [2.24, 2.45) is 5.92 Å². The molecule has 0 aromatic heterocycles. The van der Waals surface area contributed by atoms with Crippen molar-refractivity contribution in [1.82, 2.24) is 4.90 Å². The lowest BCUT2D eigenvalue weighted by Gasteiger charge is -2.14. The van der Waals surface area contributed by atoms with Gasteiger partial charge in [0.2, 0.25) is 5.91 Å². The van der Waals surface area contributed by atoms with Crippen LogP contribution >= 0.6 is 15.9 Å². The van der Waals surface area contributed by atoms with Crippen molar-refractivity contribution in [3.63, 3.8) is 0 Å². The molecule has 2 rings (SSSR count). The van der Waals surface area contributed by atoms with Crippen LogP contribution in [0.15, 0.2) is 46.9 Å². The summed E-state index contributed by atoms with van der Waals surface area (Å²) in [5, 5.41) is 2.89. The molecule has 0 saturated heterocycles. The van der Waals surface area contributed by atoms with E-state index >= 15 is 0 Å². The minimum atomic E-state index is -0.238. The molecule has 28 heavy (non-hydrogen) atoms. The molecule has 0 aliphatic heterocycles. The molecule has 0 heterocycles. The van der Waals surface area contributed by atoms with Crippen molar-refractivity contribution in [2.45, 2.75) is 26.7 Å². The highest BCUT2D eigenvalue weighted by atomic mass is 79.9. The summed E-state index contributed by atoms with van der Waals surface area (Å²) in [4.78, 5) is 26.1. The highest BCUT2D eigenvalue weighted by molar-refractivity contribution is 9.10. The molecule has 2 amide bonds. The molecule has 0 aliphatic rings. The van der Waals surface area contributed by atoms with Crippen molar-refractivity contribution >= 4 is 33.4 Å². The van der Waals surface area contributed by atoms with Gasteiger partial charge in [-0.2, -0.15) is 0 Å². The maximum atomic E-state index is 12.8. The van der Waals surface area contributed by atoms with Crippen molar-refractivity contribution in [3.05, 3.63) is 58.1 Å². The largest absolute Gasteiger partial charge is 0.493 e. The number of benzene rings is 2. The van der Waals surface area contributed by atoms with Crippen LogP contribution < -0.4 is 10.1 Å². The SMILES string of the molecule is CC(C)CCOc1ccc(Br)cc1C(=O)Nc1ccc(CC(=O)N(C)C)cc1. The molecule has 2 aromatic rings. The number of anilines is 1. The Bertz CT molecular complexity index is 817. The lowest BCUT2D eigenvalue weighted by atomic mass is 10.1. The Morgan fingerprint density at radius 3 is 2.39 bits per heavy atom. The van der Waals surface area contributed by atoms with Gasteiger partial charge in [0.15, 0.2) is 0 Å². The maximum absolute atomic E-state index is 12.8. The van der Waals surface area contributed by atoms with E-state index in [2.05, 4.69) is 35.1 Å². The summed E-state index contributed by atoms with van der Waals surface area (Å²) in [6.07, 6.45) is 1.25. The van der Waals surface area contributed by atoms with Crippen LogP contribution in [0.2, 0.25) is 0 Å². The Morgan fingerprint density at radius 1 is 1.11 bits per heavy atom. The van der Waals surface area contributed by atoms with Gasteiger partial charge in [-0.15, -0.1) is 0 Å². The smallest absolute Gasteiger partial charge is 0.259 e. The molecule has 6 heteroatoms. The van der Waals surface area contributed by atoms with Gasteiger partial charge < -0.3 is 15.0 Å². The Kier molecular flexibility index (Phi) is 8.05. The predicted molar refractivity (Wildman–Crippen MR) is 116 cm³/mol. The standard InChI is InChI=1S/C22H27BrN2O3/c1-15(2)11-12-28-20-10-7-17(23)14-19(20)22(27)24-18-8-5-16(6-9-18)13-21(26)25(3)4/h5-10,14-15H,11-13H2,1-4H3,(H,24,27). The second-order valence-electron chi connectivity index (χ2n) is 7.29. The number of carbonyl (C=O) groups is 2. The van der Waals surface area contributed by atoms with Crippen molar-refractivity contribution in [3.8, 4) is 5.75 Å². The topological polar surface area (TPSA) is 58.6 Å². The summed E-state index contributed by atoms with van der Waals surface area (Å²) in [7, 11) is 3.46. The maximum Gasteiger partial charge on any atom is 0.259 e. The molecule has 150 valence electrons. The normalized spacial score (nSPS) is 10.6. The molecule has 1 N–H and O–H groups in total. The first-order valence-electron chi connectivity index (χ1n) is 9.29. The lowest BCUT2D eigenvalue weighted by Crippen LogP contribution is -2.23. The number of rotatable bonds is 8. The summed E-state index contributed by atoms with van der Waals surface area (Å²) in [5.41, 5.74) is 2.04. The second-order valence-corrected chi connectivity index (χ2v) is 8.20. The summed E-state index contributed by atoms with van der Waals surface area (Å²) >= 11 is 3.41. The van der Waals surface area contributed by atoms with Crippen LogP contribution in [0.4, 0.5) is 5.69 Å². The van der Waals surface area contributed by atoms with Gasteiger partial charge in [-0.05, 0) is 48.2 Å². The lowest BCUT2D eigenvalue weighted by molar-refractivity contribution is -0.127. The van der Waals surface area contributed by atoms with Crippen LogP contribution in [0, 0.1) is 5.92 Å². The van der Waals surface area contributed by atoms with Gasteiger partial charge in [0.1, 0.15) is 5.75 Å². The van der Waals surface area contributed by atoms with Gasteiger partial charge in [-0.1, -0.05) is 41.9 Å². The van der Waals surface area contributed by atoms with Crippen LogP contribution in [0.1, 0.15) is 36.2 Å². The fourth-order valence-corrected chi connectivity index (χ4v) is 2.81. The van der Waals surface area contributed by atoms with E-state index in [0.717, 1.165) is 16.5 Å². The molecule has 5 nitrogen and oxygen atoms in total. The number of likely N-dealkylation sites (N-methyl/N-ethyl adjacent to an activating group) is 1. The summed E-state index contributed by atoms with van der Waals surface area (Å²) in [6, 6.07) is 12.7. The molecular weight excluding hydrogens is 420 g/mol. The minimum Gasteiger partial charge on any atom is -0.493 e. The zero-order valence-electron chi connectivity index (χ0n) is 16.8. The zero-order valence-corrected chi connectivity index (χ0v) is 18.4. The molecule has 0 atom stereocenters. The van der Waals surface area contributed by atoms with Gasteiger partial charge >= 0.3 is 0 Å². The van der Waals surface area contributed by atoms with Crippen LogP contribution in [-0.2, 0) is 11.2 Å². The number of amides is 2. The molecular formula is C22H27BrN2O3. The van der Waals surface area contributed by atoms with Gasteiger partial charge in [0.25, 0.3) is 5.91 Å². The van der Waals surface area contributed by atoms with Crippen molar-refractivity contribution in [1.29, 1.82) is 0 Å². The number of hydrogen-bond donors (Lipinski definition) is 1. The summed E-state index contributed by atoms with van der Waals surface area (Å²) in [5.74, 6) is 0.896. The Labute approximate surface area is 175 Å². The highest BCUT2D eigenvalue weighted by Gasteiger charge is 2.14. The van der Waals surface area contributed by atoms with E-state index in [4.69, 9.17) is 4.74 Å². The fourth-order valence-electron chi connectivity index (χ4n) is 2.45. The van der Waals surface area contributed by atoms with E-state index in [1.807, 2.05) is 18.2 Å². The van der Waals surface area contributed by atoms with Gasteiger partial charge in [0.05, 0.1) is 18.6 Å². The van der Waals surface area contributed by atoms with Crippen LogP contribution in [0.25, 0.3) is 0 Å². The molecule has 0 aliphatic carbocycles. The third kappa shape index (κ3) is 6.68. The fraction of sp³-hybridized carbons (Fsp3) is 0.364. The predicted octanol–water partition coefficient (Wildman–Crippen LogP) is 4.76. The molecule has 0 fully saturated rings. The third-order valence-corrected chi connectivity index (χ3v) is 4.70. The number of ether oxygens (including phenoxy) is 1. The van der Waals surface area contributed by atoms with E-state index in [0.29, 0.717) is 35.9 Å². The molecule has 0 radical (unpaired) electrons. The summed E-state index contributed by atoms with van der Waals surface area (Å²) in [6.45, 7) is 4.83. The van der Waals surface area contributed by atoms with E-state index in [-0.39, 0.29) is 11.8 Å².